The summed E-state index contributed by atoms with van der Waals surface area (Å²) in [7, 11) is 0. The van der Waals surface area contributed by atoms with E-state index < -0.39 is 0 Å². The third kappa shape index (κ3) is 7.01. The summed E-state index contributed by atoms with van der Waals surface area (Å²) in [4.78, 5) is 11.9. The average molecular weight is 351 g/mol. The third-order valence-electron chi connectivity index (χ3n) is 3.72. The Labute approximate surface area is 148 Å². The molecule has 3 nitrogen and oxygen atoms in total. The molecule has 24 heavy (non-hydrogen) atoms. The number of carbonyl (C=O) groups excluding carboxylic acids is 1. The van der Waals surface area contributed by atoms with Crippen molar-refractivity contribution in [3.8, 4) is 0 Å². The van der Waals surface area contributed by atoms with E-state index >= 15 is 0 Å². The van der Waals surface area contributed by atoms with Crippen LogP contribution in [0.4, 0.5) is 10.1 Å². The Morgan fingerprint density at radius 1 is 1.17 bits per heavy atom. The highest BCUT2D eigenvalue weighted by molar-refractivity contribution is 5.85. The quantitative estimate of drug-likeness (QED) is 0.747. The predicted molar refractivity (Wildman–Crippen MR) is 98.7 cm³/mol. The molecule has 0 aliphatic heterocycles. The van der Waals surface area contributed by atoms with Crippen LogP contribution in [0.3, 0.4) is 0 Å². The van der Waals surface area contributed by atoms with Crippen LogP contribution in [0.5, 0.6) is 0 Å². The van der Waals surface area contributed by atoms with Gasteiger partial charge in [-0.3, -0.25) is 4.79 Å². The van der Waals surface area contributed by atoms with Crippen LogP contribution >= 0.6 is 12.4 Å². The molecule has 0 aliphatic rings. The van der Waals surface area contributed by atoms with Crippen LogP contribution in [0.25, 0.3) is 0 Å². The normalized spacial score (nSPS) is 11.4. The fourth-order valence-corrected chi connectivity index (χ4v) is 2.56. The number of rotatable bonds is 7. The molecule has 2 aromatic carbocycles. The molecule has 0 saturated heterocycles. The second-order valence-corrected chi connectivity index (χ2v) is 5.98. The van der Waals surface area contributed by atoms with E-state index in [-0.39, 0.29) is 30.0 Å². The Balaban J connectivity index is 0.00000288. The van der Waals surface area contributed by atoms with E-state index in [0.29, 0.717) is 19.4 Å². The zero-order valence-corrected chi connectivity index (χ0v) is 14.6. The summed E-state index contributed by atoms with van der Waals surface area (Å²) in [5.74, 6) is -0.0275. The molecule has 0 aliphatic carbocycles. The molecule has 0 saturated carbocycles. The van der Waals surface area contributed by atoms with E-state index in [1.807, 2.05) is 37.3 Å². The first-order valence-corrected chi connectivity index (χ1v) is 7.88. The number of anilines is 1. The van der Waals surface area contributed by atoms with Gasteiger partial charge in [-0.05, 0) is 54.2 Å². The van der Waals surface area contributed by atoms with Crippen LogP contribution in [0.1, 0.15) is 24.5 Å². The van der Waals surface area contributed by atoms with Gasteiger partial charge in [0.25, 0.3) is 0 Å². The summed E-state index contributed by atoms with van der Waals surface area (Å²) in [6.45, 7) is 2.61. The number of nitrogens with one attached hydrogen (secondary N) is 1. The molecule has 0 radical (unpaired) electrons. The molecule has 130 valence electrons. The second-order valence-electron chi connectivity index (χ2n) is 5.98. The summed E-state index contributed by atoms with van der Waals surface area (Å²) < 4.78 is 13.1. The van der Waals surface area contributed by atoms with Gasteiger partial charge in [0.2, 0.25) is 5.91 Å². The molecular weight excluding hydrogens is 327 g/mol. The van der Waals surface area contributed by atoms with E-state index in [2.05, 4.69) is 5.32 Å². The van der Waals surface area contributed by atoms with Crippen molar-refractivity contribution in [1.82, 2.24) is 5.32 Å². The lowest BCUT2D eigenvalue weighted by atomic mass is 9.97. The summed E-state index contributed by atoms with van der Waals surface area (Å²) in [5, 5.41) is 2.93. The molecule has 2 aromatic rings. The minimum Gasteiger partial charge on any atom is -0.399 e. The Morgan fingerprint density at radius 3 is 2.54 bits per heavy atom. The van der Waals surface area contributed by atoms with Gasteiger partial charge >= 0.3 is 0 Å². The van der Waals surface area contributed by atoms with Crippen LogP contribution < -0.4 is 11.1 Å². The molecule has 1 amide bonds. The van der Waals surface area contributed by atoms with Crippen LogP contribution in [0.2, 0.25) is 0 Å². The highest BCUT2D eigenvalue weighted by Gasteiger charge is 2.10. The number of benzene rings is 2. The number of hydrogen-bond donors (Lipinski definition) is 2. The van der Waals surface area contributed by atoms with Crippen LogP contribution in [-0.2, 0) is 17.6 Å². The zero-order chi connectivity index (χ0) is 16.7. The highest BCUT2D eigenvalue weighted by Crippen LogP contribution is 2.13. The topological polar surface area (TPSA) is 55.1 Å². The van der Waals surface area contributed by atoms with Crippen molar-refractivity contribution in [3.63, 3.8) is 0 Å². The molecular formula is C19H24ClFN2O. The molecule has 0 aromatic heterocycles. The molecule has 2 rings (SSSR count). The predicted octanol–water partition coefficient (Wildman–Crippen LogP) is 3.76. The van der Waals surface area contributed by atoms with E-state index in [4.69, 9.17) is 5.73 Å². The standard InChI is InChI=1S/C19H23FN2O.ClH/c1-14(11-16-3-2-4-17(20)13-16)12-19(23)22-10-9-15-5-7-18(21)8-6-15;/h2-8,13-14H,9-12,21H2,1H3,(H,22,23);1H. The average Bonchev–Trinajstić information content (AvgIpc) is 2.49. The maximum Gasteiger partial charge on any atom is 0.220 e. The minimum absolute atomic E-state index is 0. The molecule has 1 atom stereocenters. The van der Waals surface area contributed by atoms with Crippen molar-refractivity contribution >= 4 is 24.0 Å². The first kappa shape index (κ1) is 20.0. The first-order chi connectivity index (χ1) is 11.0. The lowest BCUT2D eigenvalue weighted by molar-refractivity contribution is -0.121. The van der Waals surface area contributed by atoms with Crippen molar-refractivity contribution in [2.45, 2.75) is 26.2 Å². The lowest BCUT2D eigenvalue weighted by Crippen LogP contribution is -2.27. The van der Waals surface area contributed by atoms with Gasteiger partial charge in [-0.15, -0.1) is 12.4 Å². The van der Waals surface area contributed by atoms with E-state index in [9.17, 15) is 9.18 Å². The number of halogens is 2. The van der Waals surface area contributed by atoms with Gasteiger partial charge in [-0.1, -0.05) is 31.2 Å². The fourth-order valence-electron chi connectivity index (χ4n) is 2.56. The second kappa shape index (κ2) is 9.93. The van der Waals surface area contributed by atoms with Gasteiger partial charge < -0.3 is 11.1 Å². The Morgan fingerprint density at radius 2 is 1.88 bits per heavy atom. The maximum atomic E-state index is 13.1. The molecule has 0 bridgehead atoms. The Kier molecular flexibility index (Phi) is 8.27. The Hall–Kier alpha value is -2.07. The molecule has 1 unspecified atom stereocenters. The number of carbonyl (C=O) groups is 1. The number of amides is 1. The minimum atomic E-state index is -0.234. The van der Waals surface area contributed by atoms with Gasteiger partial charge in [-0.25, -0.2) is 4.39 Å². The fraction of sp³-hybridized carbons (Fsp3) is 0.316. The Bertz CT molecular complexity index is 646. The lowest BCUT2D eigenvalue weighted by Gasteiger charge is -2.12. The molecule has 0 fully saturated rings. The van der Waals surface area contributed by atoms with Crippen LogP contribution in [0.15, 0.2) is 48.5 Å². The van der Waals surface area contributed by atoms with Crippen molar-refractivity contribution in [2.24, 2.45) is 5.92 Å². The number of nitrogens with two attached hydrogens (primary N) is 1. The van der Waals surface area contributed by atoms with E-state index in [1.165, 1.54) is 12.1 Å². The molecule has 0 spiro atoms. The highest BCUT2D eigenvalue weighted by atomic mass is 35.5. The van der Waals surface area contributed by atoms with Crippen LogP contribution in [0, 0.1) is 11.7 Å². The third-order valence-corrected chi connectivity index (χ3v) is 3.72. The largest absolute Gasteiger partial charge is 0.399 e. The van der Waals surface area contributed by atoms with Gasteiger partial charge in [-0.2, -0.15) is 0 Å². The van der Waals surface area contributed by atoms with Gasteiger partial charge in [0.1, 0.15) is 5.82 Å². The van der Waals surface area contributed by atoms with Crippen molar-refractivity contribution in [3.05, 3.63) is 65.5 Å². The van der Waals surface area contributed by atoms with Gasteiger partial charge in [0.15, 0.2) is 0 Å². The van der Waals surface area contributed by atoms with Gasteiger partial charge in [0.05, 0.1) is 0 Å². The molecule has 0 heterocycles. The van der Waals surface area contributed by atoms with Gasteiger partial charge in [0, 0.05) is 18.7 Å². The monoisotopic (exact) mass is 350 g/mol. The summed E-state index contributed by atoms with van der Waals surface area (Å²) in [6.07, 6.45) is 1.92. The van der Waals surface area contributed by atoms with Crippen molar-refractivity contribution in [1.29, 1.82) is 0 Å². The van der Waals surface area contributed by atoms with Crippen molar-refractivity contribution < 1.29 is 9.18 Å². The number of nitrogen functional groups attached to an aromatic ring is 1. The molecule has 5 heteroatoms. The van der Waals surface area contributed by atoms with Crippen LogP contribution in [-0.4, -0.2) is 12.5 Å². The first-order valence-electron chi connectivity index (χ1n) is 7.88. The maximum absolute atomic E-state index is 13.1. The van der Waals surface area contributed by atoms with Crippen molar-refractivity contribution in [2.75, 3.05) is 12.3 Å². The summed E-state index contributed by atoms with van der Waals surface area (Å²) in [6, 6.07) is 14.2. The van der Waals surface area contributed by atoms with E-state index in [0.717, 1.165) is 23.2 Å². The smallest absolute Gasteiger partial charge is 0.220 e. The zero-order valence-electron chi connectivity index (χ0n) is 13.8. The SMILES string of the molecule is CC(CC(=O)NCCc1ccc(N)cc1)Cc1cccc(F)c1.Cl. The summed E-state index contributed by atoms with van der Waals surface area (Å²) in [5.41, 5.74) is 8.45. The summed E-state index contributed by atoms with van der Waals surface area (Å²) >= 11 is 0. The van der Waals surface area contributed by atoms with E-state index in [1.54, 1.807) is 6.07 Å². The molecule has 3 N–H and O–H groups in total. The number of hydrogen-bond acceptors (Lipinski definition) is 2.